The number of nitrogens with two attached hydrogens (primary N) is 1. The summed E-state index contributed by atoms with van der Waals surface area (Å²) < 4.78 is 17.1. The number of nitrogens with zero attached hydrogens (tertiary/aromatic N) is 1. The number of Topliss-reactive ketones (excluding diaryl/α,β-unsaturated/α-hetero) is 3. The van der Waals surface area contributed by atoms with Crippen molar-refractivity contribution in [3.63, 3.8) is 0 Å². The third-order valence-electron chi connectivity index (χ3n) is 9.63. The number of aromatic hydroxyl groups is 1. The Kier molecular flexibility index (Phi) is 6.89. The van der Waals surface area contributed by atoms with E-state index >= 15 is 0 Å². The van der Waals surface area contributed by atoms with E-state index in [1.54, 1.807) is 37.2 Å². The minimum atomic E-state index is -2.71. The first-order valence-electron chi connectivity index (χ1n) is 15.0. The number of ether oxygens (including phenoxy) is 3. The molecule has 11 heteroatoms. The van der Waals surface area contributed by atoms with E-state index in [0.29, 0.717) is 28.3 Å². The molecule has 3 aliphatic carbocycles. The summed E-state index contributed by atoms with van der Waals surface area (Å²) in [6, 6.07) is 17.6. The van der Waals surface area contributed by atoms with Crippen LogP contribution in [-0.2, 0) is 32.1 Å². The second-order valence-corrected chi connectivity index (χ2v) is 12.4. The zero-order valence-corrected chi connectivity index (χ0v) is 25.2. The standard InChI is InChI=1S/C35H32N2O9/c1-37(2)29-22-13-19-12-21-20(18-8-11-24-25(14-18)46-16-45-24)9-10-23(38)27(21)30(39)26(19)32(40)35(22,43)33(41)28(34(36)42)31(29)44-15-17-6-4-3-5-7-17/h3-11,14,19,22,26,28,38,43H,12-13,15-16H2,1-2H3,(H2,36,42). The molecule has 0 spiro atoms. The van der Waals surface area contributed by atoms with E-state index in [1.165, 1.54) is 6.07 Å². The van der Waals surface area contributed by atoms with E-state index in [2.05, 4.69) is 0 Å². The lowest BCUT2D eigenvalue weighted by Crippen LogP contribution is -2.68. The summed E-state index contributed by atoms with van der Waals surface area (Å²) in [6.45, 7) is 0.106. The zero-order valence-electron chi connectivity index (χ0n) is 25.2. The van der Waals surface area contributed by atoms with Crippen molar-refractivity contribution in [1.82, 2.24) is 4.90 Å². The molecule has 1 fully saturated rings. The topological polar surface area (TPSA) is 166 Å². The SMILES string of the molecule is CN(C)C1=C(OCc2ccccc2)C(C(N)=O)C(=O)C2(O)C(=O)C3C(=O)c4c(O)ccc(-c5ccc6c(c5)OCO6)c4CC3CC12. The van der Waals surface area contributed by atoms with Gasteiger partial charge in [-0.15, -0.1) is 0 Å². The van der Waals surface area contributed by atoms with E-state index in [9.17, 15) is 29.4 Å². The fourth-order valence-electron chi connectivity index (χ4n) is 7.59. The Morgan fingerprint density at radius 3 is 2.48 bits per heavy atom. The summed E-state index contributed by atoms with van der Waals surface area (Å²) in [7, 11) is 3.34. The van der Waals surface area contributed by atoms with Crippen LogP contribution >= 0.6 is 0 Å². The highest BCUT2D eigenvalue weighted by Gasteiger charge is 2.67. The van der Waals surface area contributed by atoms with Crippen LogP contribution in [-0.4, -0.2) is 64.9 Å². The maximum atomic E-state index is 14.3. The zero-order chi connectivity index (χ0) is 32.5. The van der Waals surface area contributed by atoms with Crippen LogP contribution < -0.4 is 15.2 Å². The summed E-state index contributed by atoms with van der Waals surface area (Å²) in [4.78, 5) is 57.0. The maximum Gasteiger partial charge on any atom is 0.235 e. The predicted octanol–water partition coefficient (Wildman–Crippen LogP) is 2.75. The van der Waals surface area contributed by atoms with Crippen LogP contribution in [0, 0.1) is 23.7 Å². The average Bonchev–Trinajstić information content (AvgIpc) is 3.50. The molecule has 1 aliphatic heterocycles. The van der Waals surface area contributed by atoms with Gasteiger partial charge in [-0.1, -0.05) is 42.5 Å². The van der Waals surface area contributed by atoms with Gasteiger partial charge >= 0.3 is 0 Å². The summed E-state index contributed by atoms with van der Waals surface area (Å²) in [5.41, 5.74) is 6.00. The van der Waals surface area contributed by atoms with Crippen molar-refractivity contribution in [2.24, 2.45) is 29.4 Å². The minimum absolute atomic E-state index is 0.0136. The third-order valence-corrected chi connectivity index (χ3v) is 9.63. The van der Waals surface area contributed by atoms with Crippen LogP contribution in [0.2, 0.25) is 0 Å². The fraction of sp³-hybridized carbons (Fsp3) is 0.314. The fourth-order valence-corrected chi connectivity index (χ4v) is 7.59. The van der Waals surface area contributed by atoms with Crippen molar-refractivity contribution in [2.45, 2.75) is 25.0 Å². The third kappa shape index (κ3) is 4.29. The molecule has 0 saturated heterocycles. The molecule has 3 aromatic carbocycles. The van der Waals surface area contributed by atoms with Crippen LogP contribution in [0.25, 0.3) is 11.1 Å². The van der Waals surface area contributed by atoms with Crippen molar-refractivity contribution < 1.29 is 43.6 Å². The molecular weight excluding hydrogens is 592 g/mol. The van der Waals surface area contributed by atoms with E-state index in [-0.39, 0.29) is 43.3 Å². The highest BCUT2D eigenvalue weighted by molar-refractivity contribution is 6.26. The van der Waals surface area contributed by atoms with E-state index in [0.717, 1.165) is 11.1 Å². The van der Waals surface area contributed by atoms with E-state index in [4.69, 9.17) is 19.9 Å². The first-order valence-corrected chi connectivity index (χ1v) is 15.0. The normalized spacial score (nSPS) is 26.3. The number of carbonyl (C=O) groups is 4. The molecule has 1 heterocycles. The van der Waals surface area contributed by atoms with Crippen LogP contribution in [0.3, 0.4) is 0 Å². The number of benzene rings is 3. The van der Waals surface area contributed by atoms with Gasteiger partial charge in [-0.2, -0.15) is 0 Å². The number of rotatable bonds is 6. The first kappa shape index (κ1) is 29.5. The van der Waals surface area contributed by atoms with Crippen LogP contribution in [0.1, 0.15) is 27.9 Å². The van der Waals surface area contributed by atoms with Gasteiger partial charge in [0.1, 0.15) is 18.1 Å². The number of primary amides is 1. The lowest BCUT2D eigenvalue weighted by Gasteiger charge is -2.51. The molecule has 236 valence electrons. The number of amides is 1. The van der Waals surface area contributed by atoms with Gasteiger partial charge in [0.15, 0.2) is 40.4 Å². The molecule has 1 amide bonds. The Balaban J connectivity index is 1.34. The molecule has 4 N–H and O–H groups in total. The molecule has 4 aliphatic rings. The quantitative estimate of drug-likeness (QED) is 0.347. The largest absolute Gasteiger partial charge is 0.507 e. The van der Waals surface area contributed by atoms with Crippen molar-refractivity contribution in [3.05, 3.63) is 88.8 Å². The van der Waals surface area contributed by atoms with Gasteiger partial charge in [-0.3, -0.25) is 19.2 Å². The Hall–Kier alpha value is -5.16. The second kappa shape index (κ2) is 10.7. The molecule has 0 radical (unpaired) electrons. The number of hydrogen-bond donors (Lipinski definition) is 3. The predicted molar refractivity (Wildman–Crippen MR) is 162 cm³/mol. The number of aliphatic hydroxyl groups is 1. The number of phenols is 1. The van der Waals surface area contributed by atoms with E-state index < -0.39 is 52.5 Å². The van der Waals surface area contributed by atoms with Crippen molar-refractivity contribution in [3.8, 4) is 28.4 Å². The number of phenolic OH excluding ortho intramolecular Hbond substituents is 1. The molecule has 0 bridgehead atoms. The van der Waals surface area contributed by atoms with Gasteiger partial charge in [0.05, 0.1) is 17.2 Å². The molecule has 3 aromatic rings. The monoisotopic (exact) mass is 624 g/mol. The molecule has 7 rings (SSSR count). The summed E-state index contributed by atoms with van der Waals surface area (Å²) in [5, 5.41) is 23.0. The number of ketones is 3. The lowest BCUT2D eigenvalue weighted by atomic mass is 9.54. The number of carbonyl (C=O) groups excluding carboxylic acids is 4. The molecule has 5 atom stereocenters. The van der Waals surface area contributed by atoms with Crippen molar-refractivity contribution in [2.75, 3.05) is 20.9 Å². The Morgan fingerprint density at radius 1 is 1.02 bits per heavy atom. The molecular formula is C35H32N2O9. The highest BCUT2D eigenvalue weighted by Crippen LogP contribution is 2.54. The number of hydrogen-bond acceptors (Lipinski definition) is 10. The second-order valence-electron chi connectivity index (χ2n) is 12.4. The van der Waals surface area contributed by atoms with Crippen molar-refractivity contribution in [1.29, 1.82) is 0 Å². The van der Waals surface area contributed by atoms with Crippen LogP contribution in [0.5, 0.6) is 17.2 Å². The Labute approximate surface area is 264 Å². The molecule has 0 aromatic heterocycles. The summed E-state index contributed by atoms with van der Waals surface area (Å²) in [6.07, 6.45) is 0.258. The van der Waals surface area contributed by atoms with Gasteiger partial charge in [0.25, 0.3) is 0 Å². The van der Waals surface area contributed by atoms with Gasteiger partial charge in [-0.25, -0.2) is 0 Å². The Morgan fingerprint density at radius 2 is 1.76 bits per heavy atom. The minimum Gasteiger partial charge on any atom is -0.507 e. The lowest BCUT2D eigenvalue weighted by molar-refractivity contribution is -0.170. The van der Waals surface area contributed by atoms with Gasteiger partial charge in [0, 0.05) is 20.0 Å². The van der Waals surface area contributed by atoms with Crippen LogP contribution in [0.4, 0.5) is 0 Å². The summed E-state index contributed by atoms with van der Waals surface area (Å²) >= 11 is 0. The first-order chi connectivity index (χ1) is 22.0. The molecule has 46 heavy (non-hydrogen) atoms. The van der Waals surface area contributed by atoms with Gasteiger partial charge in [0.2, 0.25) is 12.7 Å². The Bertz CT molecular complexity index is 1850. The molecule has 11 nitrogen and oxygen atoms in total. The maximum absolute atomic E-state index is 14.3. The van der Waals surface area contributed by atoms with Gasteiger partial charge in [-0.05, 0) is 59.2 Å². The number of fused-ring (bicyclic) bond motifs is 4. The smallest absolute Gasteiger partial charge is 0.235 e. The van der Waals surface area contributed by atoms with Crippen molar-refractivity contribution >= 4 is 23.3 Å². The average molecular weight is 625 g/mol. The molecule has 5 unspecified atom stereocenters. The van der Waals surface area contributed by atoms with Gasteiger partial charge < -0.3 is 35.1 Å². The molecule has 1 saturated carbocycles. The summed E-state index contributed by atoms with van der Waals surface area (Å²) in [5.74, 6) is -7.99. The van der Waals surface area contributed by atoms with E-state index in [1.807, 2.05) is 36.4 Å². The highest BCUT2D eigenvalue weighted by atomic mass is 16.7. The van der Waals surface area contributed by atoms with Crippen LogP contribution in [0.15, 0.2) is 72.1 Å².